The number of ether oxygens (including phenoxy) is 1. The van der Waals surface area contributed by atoms with Gasteiger partial charge in [0.15, 0.2) is 0 Å². The molecule has 1 aliphatic heterocycles. The first-order valence-electron chi connectivity index (χ1n) is 4.64. The van der Waals surface area contributed by atoms with Crippen LogP contribution in [0, 0.1) is 0 Å². The highest BCUT2D eigenvalue weighted by Crippen LogP contribution is 2.15. The Morgan fingerprint density at radius 3 is 3.13 bits per heavy atom. The maximum atomic E-state index is 11.5. The van der Waals surface area contributed by atoms with E-state index < -0.39 is 0 Å². The van der Waals surface area contributed by atoms with Gasteiger partial charge in [0.2, 0.25) is 9.47 Å². The van der Waals surface area contributed by atoms with E-state index in [-0.39, 0.29) is 21.5 Å². The Morgan fingerprint density at radius 1 is 1.67 bits per heavy atom. The Kier molecular flexibility index (Phi) is 3.50. The normalized spacial score (nSPS) is 20.5. The molecule has 1 saturated heterocycles. The van der Waals surface area contributed by atoms with Crippen molar-refractivity contribution in [3.63, 3.8) is 0 Å². The second-order valence-electron chi connectivity index (χ2n) is 3.21. The highest BCUT2D eigenvalue weighted by molar-refractivity contribution is 7.17. The van der Waals surface area contributed by atoms with Crippen molar-refractivity contribution in [2.75, 3.05) is 13.2 Å². The molecule has 0 aliphatic carbocycles. The molecular weight excluding hydrogens is 238 g/mol. The zero-order valence-electron chi connectivity index (χ0n) is 7.90. The van der Waals surface area contributed by atoms with Crippen molar-refractivity contribution in [3.05, 3.63) is 9.47 Å². The zero-order chi connectivity index (χ0) is 10.7. The van der Waals surface area contributed by atoms with Gasteiger partial charge < -0.3 is 10.1 Å². The van der Waals surface area contributed by atoms with Crippen LogP contribution in [0.2, 0.25) is 4.47 Å². The summed E-state index contributed by atoms with van der Waals surface area (Å²) in [5.74, 6) is -0.241. The lowest BCUT2D eigenvalue weighted by Crippen LogP contribution is -2.31. The van der Waals surface area contributed by atoms with E-state index in [0.717, 1.165) is 30.8 Å². The summed E-state index contributed by atoms with van der Waals surface area (Å²) < 4.78 is 5.65. The van der Waals surface area contributed by atoms with Crippen LogP contribution >= 0.6 is 22.9 Å². The second-order valence-corrected chi connectivity index (χ2v) is 4.76. The van der Waals surface area contributed by atoms with E-state index in [0.29, 0.717) is 6.54 Å². The molecule has 1 aromatic heterocycles. The molecule has 15 heavy (non-hydrogen) atoms. The molecule has 7 heteroatoms. The lowest BCUT2D eigenvalue weighted by Gasteiger charge is -2.08. The van der Waals surface area contributed by atoms with E-state index in [4.69, 9.17) is 16.3 Å². The third-order valence-electron chi connectivity index (χ3n) is 2.11. The summed E-state index contributed by atoms with van der Waals surface area (Å²) in [5, 5.41) is 10.2. The topological polar surface area (TPSA) is 64.1 Å². The van der Waals surface area contributed by atoms with Crippen LogP contribution in [0.15, 0.2) is 0 Å². The number of aromatic nitrogens is 2. The quantitative estimate of drug-likeness (QED) is 0.869. The predicted molar refractivity (Wildman–Crippen MR) is 56.2 cm³/mol. The van der Waals surface area contributed by atoms with Crippen LogP contribution in [0.5, 0.6) is 0 Å². The predicted octanol–water partition coefficient (Wildman–Crippen LogP) is 1.10. The van der Waals surface area contributed by atoms with Gasteiger partial charge in [-0.05, 0) is 24.4 Å². The smallest absolute Gasteiger partial charge is 0.282 e. The molecule has 1 N–H and O–H groups in total. The molecule has 1 atom stereocenters. The third-order valence-corrected chi connectivity index (χ3v) is 3.13. The maximum Gasteiger partial charge on any atom is 0.282 e. The molecule has 1 aromatic rings. The number of nitrogens with zero attached hydrogens (tertiary/aromatic N) is 2. The molecule has 0 radical (unpaired) electrons. The summed E-state index contributed by atoms with van der Waals surface area (Å²) in [4.78, 5) is 11.5. The average Bonchev–Trinajstić information content (AvgIpc) is 2.84. The fourth-order valence-corrected chi connectivity index (χ4v) is 2.13. The summed E-state index contributed by atoms with van der Waals surface area (Å²) in [5.41, 5.74) is 0. The number of hydrogen-bond donors (Lipinski definition) is 1. The van der Waals surface area contributed by atoms with E-state index in [2.05, 4.69) is 15.5 Å². The molecule has 1 fully saturated rings. The Balaban J connectivity index is 1.81. The van der Waals surface area contributed by atoms with Crippen LogP contribution in [-0.4, -0.2) is 35.4 Å². The fraction of sp³-hybridized carbons (Fsp3) is 0.625. The minimum absolute atomic E-state index is 0.136. The van der Waals surface area contributed by atoms with Gasteiger partial charge >= 0.3 is 0 Å². The Morgan fingerprint density at radius 2 is 2.53 bits per heavy atom. The van der Waals surface area contributed by atoms with Crippen molar-refractivity contribution in [2.24, 2.45) is 0 Å². The van der Waals surface area contributed by atoms with Crippen molar-refractivity contribution < 1.29 is 9.53 Å². The number of nitrogens with one attached hydrogen (secondary N) is 1. The molecule has 0 spiro atoms. The Bertz CT molecular complexity index is 351. The fourth-order valence-electron chi connectivity index (χ4n) is 1.38. The van der Waals surface area contributed by atoms with Crippen molar-refractivity contribution in [1.82, 2.24) is 15.5 Å². The van der Waals surface area contributed by atoms with Crippen molar-refractivity contribution in [2.45, 2.75) is 18.9 Å². The van der Waals surface area contributed by atoms with E-state index in [1.54, 1.807) is 0 Å². The molecule has 1 unspecified atom stereocenters. The Labute approximate surface area is 95.8 Å². The Hall–Kier alpha value is -0.720. The molecular formula is C8H10ClN3O2S. The number of halogens is 1. The third kappa shape index (κ3) is 2.87. The summed E-state index contributed by atoms with van der Waals surface area (Å²) in [6, 6.07) is 0. The molecule has 0 saturated carbocycles. The standard InChI is InChI=1S/C8H10ClN3O2S/c9-8-12-11-7(15-8)6(13)10-4-5-2-1-3-14-5/h5H,1-4H2,(H,10,13). The molecule has 2 rings (SSSR count). The average molecular weight is 248 g/mol. The number of carbonyl (C=O) groups is 1. The van der Waals surface area contributed by atoms with Crippen LogP contribution in [0.1, 0.15) is 22.6 Å². The van der Waals surface area contributed by atoms with Crippen molar-refractivity contribution in [3.8, 4) is 0 Å². The largest absolute Gasteiger partial charge is 0.376 e. The SMILES string of the molecule is O=C(NCC1CCCO1)c1nnc(Cl)s1. The number of amides is 1. The number of rotatable bonds is 3. The minimum Gasteiger partial charge on any atom is -0.376 e. The van der Waals surface area contributed by atoms with Crippen molar-refractivity contribution in [1.29, 1.82) is 0 Å². The molecule has 2 heterocycles. The zero-order valence-corrected chi connectivity index (χ0v) is 9.48. The lowest BCUT2D eigenvalue weighted by molar-refractivity contribution is 0.0857. The minimum atomic E-state index is -0.241. The molecule has 0 aromatic carbocycles. The van der Waals surface area contributed by atoms with E-state index in [1.165, 1.54) is 0 Å². The van der Waals surface area contributed by atoms with Gasteiger partial charge in [-0.25, -0.2) is 0 Å². The lowest BCUT2D eigenvalue weighted by atomic mass is 10.2. The summed E-state index contributed by atoms with van der Waals surface area (Å²) in [6.45, 7) is 1.31. The molecule has 1 amide bonds. The van der Waals surface area contributed by atoms with Crippen LogP contribution in [0.25, 0.3) is 0 Å². The van der Waals surface area contributed by atoms with E-state index in [9.17, 15) is 4.79 Å². The number of hydrogen-bond acceptors (Lipinski definition) is 5. The molecule has 0 bridgehead atoms. The highest BCUT2D eigenvalue weighted by atomic mass is 35.5. The number of carbonyl (C=O) groups excluding carboxylic acids is 1. The molecule has 5 nitrogen and oxygen atoms in total. The first-order chi connectivity index (χ1) is 7.25. The van der Waals surface area contributed by atoms with Gasteiger partial charge in [-0.3, -0.25) is 4.79 Å². The monoisotopic (exact) mass is 247 g/mol. The van der Waals surface area contributed by atoms with Crippen LogP contribution < -0.4 is 5.32 Å². The molecule has 82 valence electrons. The summed E-state index contributed by atoms with van der Waals surface area (Å²) in [6.07, 6.45) is 2.19. The molecule has 1 aliphatic rings. The van der Waals surface area contributed by atoms with Crippen LogP contribution in [0.3, 0.4) is 0 Å². The van der Waals surface area contributed by atoms with Gasteiger partial charge in [0.1, 0.15) is 0 Å². The van der Waals surface area contributed by atoms with Gasteiger partial charge in [-0.1, -0.05) is 11.3 Å². The summed E-state index contributed by atoms with van der Waals surface area (Å²) >= 11 is 6.64. The van der Waals surface area contributed by atoms with Crippen molar-refractivity contribution >= 4 is 28.8 Å². The maximum absolute atomic E-state index is 11.5. The van der Waals surface area contributed by atoms with E-state index >= 15 is 0 Å². The van der Waals surface area contributed by atoms with Crippen LogP contribution in [0.4, 0.5) is 0 Å². The van der Waals surface area contributed by atoms with Gasteiger partial charge in [0.25, 0.3) is 5.91 Å². The van der Waals surface area contributed by atoms with Gasteiger partial charge in [0.05, 0.1) is 6.10 Å². The first-order valence-corrected chi connectivity index (χ1v) is 5.84. The van der Waals surface area contributed by atoms with E-state index in [1.807, 2.05) is 0 Å². The van der Waals surface area contributed by atoms with Gasteiger partial charge in [-0.15, -0.1) is 10.2 Å². The highest BCUT2D eigenvalue weighted by Gasteiger charge is 2.18. The summed E-state index contributed by atoms with van der Waals surface area (Å²) in [7, 11) is 0. The second kappa shape index (κ2) is 4.87. The first kappa shape index (κ1) is 10.8. The van der Waals surface area contributed by atoms with Gasteiger partial charge in [-0.2, -0.15) is 0 Å². The van der Waals surface area contributed by atoms with Crippen LogP contribution in [-0.2, 0) is 4.74 Å². The van der Waals surface area contributed by atoms with Gasteiger partial charge in [0, 0.05) is 13.2 Å².